The van der Waals surface area contributed by atoms with E-state index in [-0.39, 0.29) is 29.0 Å². The smallest absolute Gasteiger partial charge is 0.417 e. The van der Waals surface area contributed by atoms with E-state index in [1.165, 1.54) is 10.3 Å². The first-order valence-electron chi connectivity index (χ1n) is 19.2. The van der Waals surface area contributed by atoms with Crippen LogP contribution in [-0.2, 0) is 27.3 Å². The van der Waals surface area contributed by atoms with Crippen LogP contribution in [0.15, 0.2) is 54.2 Å². The Kier molecular flexibility index (Phi) is 16.0. The molecule has 1 aromatic carbocycles. The maximum atomic E-state index is 13.9. The van der Waals surface area contributed by atoms with Gasteiger partial charge in [0.2, 0.25) is 5.91 Å². The van der Waals surface area contributed by atoms with Crippen LogP contribution >= 0.6 is 11.3 Å². The van der Waals surface area contributed by atoms with Gasteiger partial charge in [0.15, 0.2) is 0 Å². The second-order valence-electron chi connectivity index (χ2n) is 14.8. The van der Waals surface area contributed by atoms with Crippen LogP contribution in [0.2, 0.25) is 0 Å². The number of rotatable bonds is 10. The number of aromatic nitrogens is 1. The van der Waals surface area contributed by atoms with Crippen LogP contribution in [0.5, 0.6) is 11.5 Å². The molecule has 0 spiro atoms. The number of carbonyl (C=O) groups is 3. The third kappa shape index (κ3) is 11.5. The Hall–Kier alpha value is -4.15. The summed E-state index contributed by atoms with van der Waals surface area (Å²) in [6.07, 6.45) is 3.69. The molecule has 1 aliphatic carbocycles. The predicted octanol–water partition coefficient (Wildman–Crippen LogP) is 7.80. The summed E-state index contributed by atoms with van der Waals surface area (Å²) in [6.45, 7) is 4.08. The van der Waals surface area contributed by atoms with Crippen molar-refractivity contribution in [2.45, 2.75) is 95.4 Å². The van der Waals surface area contributed by atoms with Crippen molar-refractivity contribution in [3.8, 4) is 11.5 Å². The maximum Gasteiger partial charge on any atom is 0.417 e. The van der Waals surface area contributed by atoms with Gasteiger partial charge in [-0.25, -0.2) is 8.78 Å². The Morgan fingerprint density at radius 3 is 2.33 bits per heavy atom. The monoisotopic (exact) mass is 825 g/mol. The van der Waals surface area contributed by atoms with Crippen LogP contribution in [0.1, 0.15) is 98.0 Å². The largest absolute Gasteiger partial charge is 0.507 e. The topological polar surface area (TPSA) is 140 Å². The van der Waals surface area contributed by atoms with Crippen LogP contribution < -0.4 is 4.74 Å². The van der Waals surface area contributed by atoms with Crippen LogP contribution in [0.3, 0.4) is 0 Å². The van der Waals surface area contributed by atoms with Gasteiger partial charge < -0.3 is 34.7 Å². The molecular formula is C41H52F5N3O7S. The number of amides is 2. The fourth-order valence-corrected chi connectivity index (χ4v) is 8.66. The van der Waals surface area contributed by atoms with Gasteiger partial charge in [0, 0.05) is 69.0 Å². The normalized spacial score (nSPS) is 22.1. The Labute approximate surface area is 333 Å². The molecule has 3 aromatic rings. The number of hydrogen-bond donors (Lipinski definition) is 3. The molecule has 4 unspecified atom stereocenters. The molecule has 2 amide bonds. The lowest BCUT2D eigenvalue weighted by Gasteiger charge is -2.45. The standard InChI is InChI=1S/C34H42F3N3O5.C6H6F2OS.CH4O/c1-2-6-29-25(7-5-16-40(29)32(43)26-20-38-15-12-27(26)34(35,36)37)31(42)39-17-13-33(44,14-18-39)28-8-3-4-9-30(28)45-22-24-11-10-23(19-24)21-41;1-6(7,8)5-2-4(9)3-10-5;1-2/h3-4,8-9,12,15,20-21,23-25,29,44H,2,5-7,10-11,13-14,16-19,22H2,1H3;2-3,9H,1H3;2H,1H3. The number of aldehydes is 1. The molecule has 6 rings (SSSR count). The molecule has 314 valence electrons. The summed E-state index contributed by atoms with van der Waals surface area (Å²) in [5.41, 5.74) is -2.05. The minimum absolute atomic E-state index is 0.0823. The van der Waals surface area contributed by atoms with Gasteiger partial charge in [0.1, 0.15) is 17.8 Å². The molecule has 3 fully saturated rings. The lowest BCUT2D eigenvalue weighted by atomic mass is 9.81. The van der Waals surface area contributed by atoms with E-state index in [0.29, 0.717) is 75.5 Å². The summed E-state index contributed by atoms with van der Waals surface area (Å²) in [4.78, 5) is 45.5. The number of nitrogens with zero attached hydrogens (tertiary/aromatic N) is 3. The number of aliphatic hydroxyl groups is 2. The number of para-hydroxylation sites is 1. The van der Waals surface area contributed by atoms with Crippen molar-refractivity contribution in [1.29, 1.82) is 0 Å². The SMILES string of the molecule is CC(F)(F)c1cc(O)cs1.CCCC1C(C(=O)N2CCC(O)(c3ccccc3OCC3CCC(C=O)C3)CC2)CCCN1C(=O)c1cnccc1C(F)(F)F.CO. The molecule has 3 aliphatic rings. The van der Waals surface area contributed by atoms with Gasteiger partial charge in [-0.1, -0.05) is 31.5 Å². The van der Waals surface area contributed by atoms with Gasteiger partial charge >= 0.3 is 6.18 Å². The number of aliphatic hydroxyl groups excluding tert-OH is 1. The summed E-state index contributed by atoms with van der Waals surface area (Å²) < 4.78 is 72.1. The molecule has 4 atom stereocenters. The third-order valence-corrected chi connectivity index (χ3v) is 11.9. The molecule has 2 aromatic heterocycles. The molecule has 2 saturated heterocycles. The fraction of sp³-hybridized carbons (Fsp3) is 0.561. The van der Waals surface area contributed by atoms with Crippen molar-refractivity contribution in [3.63, 3.8) is 0 Å². The van der Waals surface area contributed by atoms with Gasteiger partial charge in [0.25, 0.3) is 11.8 Å². The predicted molar refractivity (Wildman–Crippen MR) is 204 cm³/mol. The summed E-state index contributed by atoms with van der Waals surface area (Å²) in [5.74, 6) is -3.38. The Morgan fingerprint density at radius 2 is 1.75 bits per heavy atom. The van der Waals surface area contributed by atoms with E-state index in [9.17, 15) is 41.4 Å². The number of carbonyl (C=O) groups excluding carboxylic acids is 3. The van der Waals surface area contributed by atoms with Crippen LogP contribution in [0, 0.1) is 17.8 Å². The van der Waals surface area contributed by atoms with Crippen molar-refractivity contribution in [1.82, 2.24) is 14.8 Å². The Balaban J connectivity index is 0.000000518. The first-order chi connectivity index (χ1) is 27.1. The third-order valence-electron chi connectivity index (χ3n) is 10.9. The van der Waals surface area contributed by atoms with Crippen molar-refractivity contribution in [2.24, 2.45) is 17.8 Å². The first-order valence-corrected chi connectivity index (χ1v) is 20.0. The zero-order valence-electron chi connectivity index (χ0n) is 32.4. The van der Waals surface area contributed by atoms with Gasteiger partial charge in [-0.2, -0.15) is 13.2 Å². The second-order valence-corrected chi connectivity index (χ2v) is 15.7. The lowest BCUT2D eigenvalue weighted by molar-refractivity contribution is -0.144. The number of piperidine rings is 2. The number of pyridine rings is 1. The first kappa shape index (κ1) is 45.6. The van der Waals surface area contributed by atoms with Crippen LogP contribution in [0.25, 0.3) is 0 Å². The molecule has 57 heavy (non-hydrogen) atoms. The second kappa shape index (κ2) is 20.0. The summed E-state index contributed by atoms with van der Waals surface area (Å²) in [6, 6.07) is 8.75. The highest BCUT2D eigenvalue weighted by Crippen LogP contribution is 2.41. The minimum Gasteiger partial charge on any atom is -0.507 e. The van der Waals surface area contributed by atoms with Gasteiger partial charge in [0.05, 0.1) is 34.1 Å². The molecule has 3 N–H and O–H groups in total. The van der Waals surface area contributed by atoms with E-state index in [0.717, 1.165) is 75.4 Å². The average molecular weight is 826 g/mol. The zero-order valence-corrected chi connectivity index (χ0v) is 33.2. The Morgan fingerprint density at radius 1 is 1.05 bits per heavy atom. The molecule has 10 nitrogen and oxygen atoms in total. The summed E-state index contributed by atoms with van der Waals surface area (Å²) in [5, 5.41) is 28.7. The highest BCUT2D eigenvalue weighted by Gasteiger charge is 2.45. The van der Waals surface area contributed by atoms with Gasteiger partial charge in [-0.3, -0.25) is 14.6 Å². The van der Waals surface area contributed by atoms with Crippen molar-refractivity contribution < 1.29 is 56.4 Å². The highest BCUT2D eigenvalue weighted by molar-refractivity contribution is 7.10. The van der Waals surface area contributed by atoms with E-state index in [1.54, 1.807) is 4.90 Å². The molecular weight excluding hydrogens is 774 g/mol. The number of alkyl halides is 5. The molecule has 2 aliphatic heterocycles. The van der Waals surface area contributed by atoms with E-state index < -0.39 is 46.7 Å². The number of aromatic hydroxyl groups is 1. The number of halogens is 5. The van der Waals surface area contributed by atoms with E-state index in [4.69, 9.17) is 14.9 Å². The number of likely N-dealkylation sites (tertiary alicyclic amines) is 2. The molecule has 1 saturated carbocycles. The fourth-order valence-electron chi connectivity index (χ4n) is 7.95. The highest BCUT2D eigenvalue weighted by atomic mass is 32.1. The summed E-state index contributed by atoms with van der Waals surface area (Å²) in [7, 11) is 1.00. The quantitative estimate of drug-likeness (QED) is 0.139. The number of ether oxygens (including phenoxy) is 1. The maximum absolute atomic E-state index is 13.9. The van der Waals surface area contributed by atoms with Crippen molar-refractivity contribution in [2.75, 3.05) is 33.4 Å². The zero-order chi connectivity index (χ0) is 42.0. The van der Waals surface area contributed by atoms with Gasteiger partial charge in [-0.15, -0.1) is 11.3 Å². The number of hydrogen-bond acceptors (Lipinski definition) is 9. The molecule has 0 bridgehead atoms. The van der Waals surface area contributed by atoms with Crippen molar-refractivity contribution >= 4 is 29.4 Å². The number of thiophene rings is 1. The average Bonchev–Trinajstić information content (AvgIpc) is 3.87. The minimum atomic E-state index is -4.70. The van der Waals surface area contributed by atoms with Gasteiger partial charge in [-0.05, 0) is 75.5 Å². The number of benzene rings is 1. The van der Waals surface area contributed by atoms with Crippen LogP contribution in [-0.4, -0.2) is 87.6 Å². The molecule has 0 radical (unpaired) electrons. The Bertz CT molecular complexity index is 1780. The molecule has 4 heterocycles. The molecule has 16 heteroatoms. The van der Waals surface area contributed by atoms with Crippen molar-refractivity contribution in [3.05, 3.63) is 75.7 Å². The van der Waals surface area contributed by atoms with E-state index >= 15 is 0 Å². The van der Waals surface area contributed by atoms with Crippen LogP contribution in [0.4, 0.5) is 22.0 Å². The van der Waals surface area contributed by atoms with E-state index in [2.05, 4.69) is 4.98 Å². The lowest BCUT2D eigenvalue weighted by Crippen LogP contribution is -2.55. The summed E-state index contributed by atoms with van der Waals surface area (Å²) >= 11 is 0.856. The van der Waals surface area contributed by atoms with E-state index in [1.807, 2.05) is 31.2 Å².